The highest BCUT2D eigenvalue weighted by molar-refractivity contribution is 7.99. The minimum atomic E-state index is -3.67. The lowest BCUT2D eigenvalue weighted by Crippen LogP contribution is -2.32. The molecule has 0 atom stereocenters. The Balaban J connectivity index is 1.42. The summed E-state index contributed by atoms with van der Waals surface area (Å²) >= 11 is 1.59. The fourth-order valence-electron chi connectivity index (χ4n) is 2.73. The predicted octanol–water partition coefficient (Wildman–Crippen LogP) is 1.27. The molecule has 0 spiro atoms. The van der Waals surface area contributed by atoms with Crippen LogP contribution in [0.1, 0.15) is 11.3 Å². The molecular weight excluding hydrogens is 386 g/mol. The van der Waals surface area contributed by atoms with Gasteiger partial charge in [-0.25, -0.2) is 24.8 Å². The first-order valence-corrected chi connectivity index (χ1v) is 10.5. The van der Waals surface area contributed by atoms with Gasteiger partial charge in [0.05, 0.1) is 17.7 Å². The number of fused-ring (bicyclic) bond motifs is 2. The highest BCUT2D eigenvalue weighted by atomic mass is 32.2. The van der Waals surface area contributed by atoms with Crippen LogP contribution in [0.5, 0.6) is 0 Å². The Morgan fingerprint density at radius 2 is 2.07 bits per heavy atom. The van der Waals surface area contributed by atoms with E-state index in [4.69, 9.17) is 5.14 Å². The number of nitrogens with zero attached hydrogens (tertiary/aromatic N) is 4. The fourth-order valence-corrected chi connectivity index (χ4v) is 4.00. The van der Waals surface area contributed by atoms with Gasteiger partial charge in [-0.3, -0.25) is 0 Å². The molecule has 4 N–H and O–H groups in total. The lowest BCUT2D eigenvalue weighted by Gasteiger charge is -2.19. The van der Waals surface area contributed by atoms with Crippen LogP contribution in [-0.4, -0.2) is 34.5 Å². The zero-order chi connectivity index (χ0) is 18.9. The Kier molecular flexibility index (Phi) is 4.83. The average molecular weight is 403 g/mol. The number of hydrogen-bond acceptors (Lipinski definition) is 7. The Morgan fingerprint density at radius 1 is 1.22 bits per heavy atom. The first-order valence-electron chi connectivity index (χ1n) is 8.13. The maximum Gasteiger partial charge on any atom is 0.274 e. The second kappa shape index (κ2) is 7.27. The fraction of sp³-hybridized carbons (Fsp3) is 0.188. The lowest BCUT2D eigenvalue weighted by atomic mass is 10.2. The summed E-state index contributed by atoms with van der Waals surface area (Å²) in [4.78, 5) is 14.0. The molecule has 2 aromatic heterocycles. The average Bonchev–Trinajstić information content (AvgIpc) is 3.06. The van der Waals surface area contributed by atoms with Gasteiger partial charge in [-0.15, -0.1) is 0 Å². The first-order chi connectivity index (χ1) is 13.0. The van der Waals surface area contributed by atoms with Gasteiger partial charge in [-0.2, -0.15) is 8.42 Å². The molecule has 0 saturated carbocycles. The summed E-state index contributed by atoms with van der Waals surface area (Å²) in [7, 11) is -3.67. The lowest BCUT2D eigenvalue weighted by molar-refractivity contribution is 0.583. The van der Waals surface area contributed by atoms with Crippen molar-refractivity contribution in [2.75, 3.05) is 11.9 Å². The Labute approximate surface area is 160 Å². The zero-order valence-corrected chi connectivity index (χ0v) is 15.8. The molecule has 11 heteroatoms. The van der Waals surface area contributed by atoms with Crippen molar-refractivity contribution in [2.45, 2.75) is 22.9 Å². The van der Waals surface area contributed by atoms with Gasteiger partial charge in [-0.1, -0.05) is 17.8 Å². The molecule has 0 saturated heterocycles. The quantitative estimate of drug-likeness (QED) is 0.442. The molecule has 27 heavy (non-hydrogen) atoms. The van der Waals surface area contributed by atoms with Crippen molar-refractivity contribution in [3.05, 3.63) is 54.4 Å². The van der Waals surface area contributed by atoms with E-state index in [1.54, 1.807) is 30.5 Å². The zero-order valence-electron chi connectivity index (χ0n) is 14.2. The van der Waals surface area contributed by atoms with Crippen molar-refractivity contribution in [3.63, 3.8) is 0 Å². The molecule has 3 heterocycles. The van der Waals surface area contributed by atoms with Gasteiger partial charge in [0, 0.05) is 43.0 Å². The highest BCUT2D eigenvalue weighted by Gasteiger charge is 2.17. The predicted molar refractivity (Wildman–Crippen MR) is 102 cm³/mol. The molecule has 1 aliphatic heterocycles. The monoisotopic (exact) mass is 403 g/mol. The van der Waals surface area contributed by atoms with E-state index in [1.807, 2.05) is 10.8 Å². The second-order valence-corrected chi connectivity index (χ2v) is 8.40. The second-order valence-electron chi connectivity index (χ2n) is 5.99. The van der Waals surface area contributed by atoms with E-state index in [9.17, 15) is 8.42 Å². The van der Waals surface area contributed by atoms with Gasteiger partial charge in [0.2, 0.25) is 0 Å². The van der Waals surface area contributed by atoms with Crippen molar-refractivity contribution in [1.29, 1.82) is 0 Å². The molecule has 0 bridgehead atoms. The maximum absolute atomic E-state index is 10.9. The van der Waals surface area contributed by atoms with Crippen molar-refractivity contribution >= 4 is 33.5 Å². The van der Waals surface area contributed by atoms with Crippen molar-refractivity contribution in [2.24, 2.45) is 5.14 Å². The normalized spacial score (nSPS) is 12.9. The van der Waals surface area contributed by atoms with Crippen LogP contribution in [0.15, 0.2) is 53.0 Å². The smallest absolute Gasteiger partial charge is 0.274 e. The molecule has 0 amide bonds. The topological polar surface area (TPSA) is 128 Å². The number of benzene rings is 1. The summed E-state index contributed by atoms with van der Waals surface area (Å²) in [6, 6.07) is 6.22. The van der Waals surface area contributed by atoms with Crippen LogP contribution in [0.3, 0.4) is 0 Å². The highest BCUT2D eigenvalue weighted by Crippen LogP contribution is 2.42. The Bertz CT molecular complexity index is 1080. The summed E-state index contributed by atoms with van der Waals surface area (Å²) in [5.41, 5.74) is 2.91. The minimum absolute atomic E-state index is 0.219. The summed E-state index contributed by atoms with van der Waals surface area (Å²) < 4.78 is 26.0. The van der Waals surface area contributed by atoms with Crippen molar-refractivity contribution in [1.82, 2.24) is 24.2 Å². The number of imidazole rings is 1. The Hall–Kier alpha value is -2.47. The van der Waals surface area contributed by atoms with E-state index in [2.05, 4.69) is 43.2 Å². The number of rotatable bonds is 6. The number of anilines is 2. The third-order valence-electron chi connectivity index (χ3n) is 3.90. The van der Waals surface area contributed by atoms with Crippen molar-refractivity contribution in [3.8, 4) is 0 Å². The van der Waals surface area contributed by atoms with Crippen LogP contribution in [0.2, 0.25) is 0 Å². The van der Waals surface area contributed by atoms with E-state index in [0.717, 1.165) is 32.7 Å². The molecule has 140 valence electrons. The molecule has 0 radical (unpaired) electrons. The third kappa shape index (κ3) is 4.45. The standard InChI is InChI=1S/C16H17N7O2S2/c17-27(24,25)21-4-3-12-9-23(10-20-12)8-11-1-2-14-13(7-11)22-15-16(26-14)19-6-5-18-15/h1-2,5-7,9-10,21H,3-4,8H2,(H,18,22)(H2,17,24,25). The number of nitrogens with two attached hydrogens (primary N) is 1. The molecule has 1 aliphatic rings. The van der Waals surface area contributed by atoms with Crippen molar-refractivity contribution < 1.29 is 8.42 Å². The van der Waals surface area contributed by atoms with Gasteiger partial charge >= 0.3 is 0 Å². The van der Waals surface area contributed by atoms with Crippen LogP contribution < -0.4 is 15.2 Å². The minimum Gasteiger partial charge on any atom is -0.337 e. The van der Waals surface area contributed by atoms with E-state index >= 15 is 0 Å². The number of hydrogen-bond donors (Lipinski definition) is 3. The largest absolute Gasteiger partial charge is 0.337 e. The molecule has 3 aromatic rings. The van der Waals surface area contributed by atoms with E-state index in [-0.39, 0.29) is 6.54 Å². The molecule has 0 fully saturated rings. The summed E-state index contributed by atoms with van der Waals surface area (Å²) in [5.74, 6) is 0.763. The van der Waals surface area contributed by atoms with E-state index in [0.29, 0.717) is 13.0 Å². The molecular formula is C16H17N7O2S2. The summed E-state index contributed by atoms with van der Waals surface area (Å²) in [5, 5.41) is 9.10. The molecule has 1 aromatic carbocycles. The summed E-state index contributed by atoms with van der Waals surface area (Å²) in [6.45, 7) is 0.874. The SMILES string of the molecule is NS(=O)(=O)NCCc1cn(Cc2ccc3c(c2)Nc2nccnc2S3)cn1. The third-order valence-corrected chi connectivity index (χ3v) is 5.58. The molecule has 9 nitrogen and oxygen atoms in total. The van der Waals surface area contributed by atoms with Gasteiger partial charge in [-0.05, 0) is 17.7 Å². The number of nitrogens with one attached hydrogen (secondary N) is 2. The van der Waals surface area contributed by atoms with Gasteiger partial charge in [0.1, 0.15) is 5.03 Å². The summed E-state index contributed by atoms with van der Waals surface area (Å²) in [6.07, 6.45) is 7.45. The van der Waals surface area contributed by atoms with Gasteiger partial charge in [0.15, 0.2) is 5.82 Å². The van der Waals surface area contributed by atoms with Crippen LogP contribution in [0.25, 0.3) is 0 Å². The van der Waals surface area contributed by atoms with E-state index < -0.39 is 10.2 Å². The molecule has 4 rings (SSSR count). The van der Waals surface area contributed by atoms with Crippen LogP contribution in [0, 0.1) is 0 Å². The maximum atomic E-state index is 10.9. The van der Waals surface area contributed by atoms with Gasteiger partial charge in [0.25, 0.3) is 10.2 Å². The van der Waals surface area contributed by atoms with Crippen LogP contribution >= 0.6 is 11.8 Å². The number of aromatic nitrogens is 4. The van der Waals surface area contributed by atoms with Gasteiger partial charge < -0.3 is 9.88 Å². The van der Waals surface area contributed by atoms with E-state index in [1.165, 1.54) is 0 Å². The molecule has 0 aliphatic carbocycles. The molecule has 0 unspecified atom stereocenters. The first kappa shape index (κ1) is 17.9. The van der Waals surface area contributed by atoms with Crippen LogP contribution in [0.4, 0.5) is 11.5 Å². The Morgan fingerprint density at radius 3 is 2.93 bits per heavy atom. The van der Waals surface area contributed by atoms with Crippen LogP contribution in [-0.2, 0) is 23.2 Å².